The largest absolute Gasteiger partial charge is 0.389 e. The number of nitrogens with zero attached hydrogens (tertiary/aromatic N) is 2. The molecule has 5 heteroatoms. The highest BCUT2D eigenvalue weighted by Gasteiger charge is 2.16. The quantitative estimate of drug-likeness (QED) is 0.508. The third-order valence-corrected chi connectivity index (χ3v) is 4.29. The lowest BCUT2D eigenvalue weighted by Crippen LogP contribution is -2.43. The molecule has 1 aromatic carbocycles. The van der Waals surface area contributed by atoms with E-state index in [1.165, 1.54) is 11.1 Å². The molecule has 0 aliphatic carbocycles. The lowest BCUT2D eigenvalue weighted by atomic mass is 10.1. The highest BCUT2D eigenvalue weighted by Crippen LogP contribution is 2.09. The van der Waals surface area contributed by atoms with E-state index < -0.39 is 6.10 Å². The average Bonchev–Trinajstić information content (AvgIpc) is 2.61. The van der Waals surface area contributed by atoms with Gasteiger partial charge in [0, 0.05) is 39.3 Å². The first-order valence-corrected chi connectivity index (χ1v) is 8.94. The number of hydrogen-bond acceptors (Lipinski definition) is 5. The van der Waals surface area contributed by atoms with E-state index in [9.17, 15) is 5.11 Å². The van der Waals surface area contributed by atoms with Crippen molar-refractivity contribution in [1.29, 1.82) is 0 Å². The van der Waals surface area contributed by atoms with Crippen molar-refractivity contribution in [1.82, 2.24) is 9.80 Å². The minimum atomic E-state index is -0.539. The van der Waals surface area contributed by atoms with Crippen LogP contribution in [0.3, 0.4) is 0 Å². The molecule has 1 aromatic rings. The van der Waals surface area contributed by atoms with Gasteiger partial charge >= 0.3 is 0 Å². The molecule has 0 amide bonds. The molecule has 1 N–H and O–H groups in total. The summed E-state index contributed by atoms with van der Waals surface area (Å²) in [5.41, 5.74) is 2.52. The van der Waals surface area contributed by atoms with Crippen LogP contribution >= 0.6 is 0 Å². The molecule has 1 saturated heterocycles. The molecule has 25 heavy (non-hydrogen) atoms. The van der Waals surface area contributed by atoms with Crippen molar-refractivity contribution in [2.75, 3.05) is 59.2 Å². The monoisotopic (exact) mass is 346 g/mol. The van der Waals surface area contributed by atoms with E-state index in [4.69, 9.17) is 15.9 Å². The molecule has 0 aromatic heterocycles. The minimum Gasteiger partial charge on any atom is -0.389 e. The van der Waals surface area contributed by atoms with Crippen LogP contribution in [0.25, 0.3) is 0 Å². The number of terminal acetylenes is 1. The first-order chi connectivity index (χ1) is 12.2. The van der Waals surface area contributed by atoms with Crippen molar-refractivity contribution in [3.8, 4) is 12.3 Å². The molecule has 0 radical (unpaired) electrons. The number of aliphatic hydroxyl groups is 1. The number of hydrogen-bond donors (Lipinski definition) is 1. The molecule has 5 nitrogen and oxygen atoms in total. The second-order valence-electron chi connectivity index (χ2n) is 6.55. The maximum atomic E-state index is 10.2. The number of rotatable bonds is 10. The molecule has 138 valence electrons. The molecule has 1 atom stereocenters. The van der Waals surface area contributed by atoms with Gasteiger partial charge in [0.2, 0.25) is 0 Å². The van der Waals surface area contributed by atoms with Crippen LogP contribution in [0, 0.1) is 19.3 Å². The minimum absolute atomic E-state index is 0.239. The topological polar surface area (TPSA) is 45.2 Å². The van der Waals surface area contributed by atoms with Gasteiger partial charge in [0.1, 0.15) is 6.61 Å². The van der Waals surface area contributed by atoms with E-state index in [0.717, 1.165) is 45.9 Å². The van der Waals surface area contributed by atoms with Crippen molar-refractivity contribution < 1.29 is 14.6 Å². The Morgan fingerprint density at radius 3 is 2.92 bits per heavy atom. The molecule has 2 rings (SSSR count). The van der Waals surface area contributed by atoms with Gasteiger partial charge in [0.05, 0.1) is 25.9 Å². The van der Waals surface area contributed by atoms with Crippen molar-refractivity contribution in [3.63, 3.8) is 0 Å². The molecular formula is C20H30N2O3. The Balaban J connectivity index is 1.88. The summed E-state index contributed by atoms with van der Waals surface area (Å²) in [6.45, 7) is 9.45. The third-order valence-electron chi connectivity index (χ3n) is 4.29. The van der Waals surface area contributed by atoms with Gasteiger partial charge in [0.25, 0.3) is 0 Å². The van der Waals surface area contributed by atoms with E-state index in [-0.39, 0.29) is 13.2 Å². The maximum absolute atomic E-state index is 10.2. The first-order valence-electron chi connectivity index (χ1n) is 8.94. The summed E-state index contributed by atoms with van der Waals surface area (Å²) in [6.07, 6.45) is 4.64. The smallest absolute Gasteiger partial charge is 0.107 e. The summed E-state index contributed by atoms with van der Waals surface area (Å²) in [7, 11) is 0. The van der Waals surface area contributed by atoms with Crippen LogP contribution in [0.15, 0.2) is 24.3 Å². The van der Waals surface area contributed by atoms with Crippen molar-refractivity contribution in [2.24, 2.45) is 0 Å². The fourth-order valence-electron chi connectivity index (χ4n) is 3.02. The standard InChI is InChI=1S/C20H30N2O3/c1-3-11-25-17-20(23)16-22(8-7-21-9-12-24-13-10-21)15-19-6-4-5-18(2)14-19/h1,4-6,14,20,23H,7-13,15-17H2,2H3/t20-/m1/s1. The third kappa shape index (κ3) is 8.00. The molecule has 0 spiro atoms. The van der Waals surface area contributed by atoms with E-state index in [1.54, 1.807) is 0 Å². The summed E-state index contributed by atoms with van der Waals surface area (Å²) in [4.78, 5) is 4.70. The van der Waals surface area contributed by atoms with Crippen molar-refractivity contribution in [3.05, 3.63) is 35.4 Å². The average molecular weight is 346 g/mol. The number of benzene rings is 1. The van der Waals surface area contributed by atoms with Crippen LogP contribution in [-0.2, 0) is 16.0 Å². The zero-order valence-corrected chi connectivity index (χ0v) is 15.2. The Morgan fingerprint density at radius 1 is 1.40 bits per heavy atom. The number of aryl methyl sites for hydroxylation is 1. The summed E-state index contributed by atoms with van der Waals surface area (Å²) in [5.74, 6) is 2.43. The lowest BCUT2D eigenvalue weighted by molar-refractivity contribution is 0.0136. The SMILES string of the molecule is C#CCOC[C@H](O)CN(CCN1CCOCC1)Cc1cccc(C)c1. The number of morpholine rings is 1. The Morgan fingerprint density at radius 2 is 2.20 bits per heavy atom. The molecule has 1 aliphatic rings. The Bertz CT molecular complexity index is 538. The number of ether oxygens (including phenoxy) is 2. The molecule has 0 bridgehead atoms. The second-order valence-corrected chi connectivity index (χ2v) is 6.55. The van der Waals surface area contributed by atoms with Crippen LogP contribution < -0.4 is 0 Å². The van der Waals surface area contributed by atoms with Gasteiger partial charge in [-0.05, 0) is 12.5 Å². The van der Waals surface area contributed by atoms with E-state index in [2.05, 4.69) is 46.9 Å². The zero-order valence-electron chi connectivity index (χ0n) is 15.2. The Labute approximate surface area is 151 Å². The van der Waals surface area contributed by atoms with Crippen LogP contribution in [0.5, 0.6) is 0 Å². The Hall–Kier alpha value is -1.42. The van der Waals surface area contributed by atoms with Crippen molar-refractivity contribution >= 4 is 0 Å². The zero-order chi connectivity index (χ0) is 17.9. The summed E-state index contributed by atoms with van der Waals surface area (Å²) in [5, 5.41) is 10.2. The Kier molecular flexibility index (Phi) is 8.95. The lowest BCUT2D eigenvalue weighted by Gasteiger charge is -2.31. The van der Waals surface area contributed by atoms with Gasteiger partial charge in [-0.2, -0.15) is 0 Å². The summed E-state index contributed by atoms with van der Waals surface area (Å²) >= 11 is 0. The highest BCUT2D eigenvalue weighted by atomic mass is 16.5. The van der Waals surface area contributed by atoms with Crippen LogP contribution in [-0.4, -0.2) is 80.2 Å². The molecule has 1 aliphatic heterocycles. The maximum Gasteiger partial charge on any atom is 0.107 e. The number of aliphatic hydroxyl groups excluding tert-OH is 1. The highest BCUT2D eigenvalue weighted by molar-refractivity contribution is 5.22. The van der Waals surface area contributed by atoms with Gasteiger partial charge in [-0.25, -0.2) is 0 Å². The van der Waals surface area contributed by atoms with Gasteiger partial charge in [-0.3, -0.25) is 9.80 Å². The second kappa shape index (κ2) is 11.2. The fraction of sp³-hybridized carbons (Fsp3) is 0.600. The molecule has 1 fully saturated rings. The predicted molar refractivity (Wildman–Crippen MR) is 99.4 cm³/mol. The van der Waals surface area contributed by atoms with Gasteiger partial charge in [0.15, 0.2) is 0 Å². The summed E-state index contributed by atoms with van der Waals surface area (Å²) < 4.78 is 10.7. The van der Waals surface area contributed by atoms with E-state index in [0.29, 0.717) is 6.54 Å². The molecule has 0 saturated carbocycles. The van der Waals surface area contributed by atoms with Gasteiger partial charge < -0.3 is 14.6 Å². The molecular weight excluding hydrogens is 316 g/mol. The van der Waals surface area contributed by atoms with Crippen LogP contribution in [0.2, 0.25) is 0 Å². The van der Waals surface area contributed by atoms with E-state index in [1.807, 2.05) is 0 Å². The van der Waals surface area contributed by atoms with E-state index >= 15 is 0 Å². The predicted octanol–water partition coefficient (Wildman–Crippen LogP) is 1.14. The normalized spacial score (nSPS) is 16.7. The van der Waals surface area contributed by atoms with Gasteiger partial charge in [-0.1, -0.05) is 35.7 Å². The first kappa shape index (κ1) is 19.9. The molecule has 0 unspecified atom stereocenters. The fourth-order valence-corrected chi connectivity index (χ4v) is 3.02. The van der Waals surface area contributed by atoms with Crippen LogP contribution in [0.4, 0.5) is 0 Å². The van der Waals surface area contributed by atoms with Gasteiger partial charge in [-0.15, -0.1) is 6.42 Å². The summed E-state index contributed by atoms with van der Waals surface area (Å²) in [6, 6.07) is 8.51. The van der Waals surface area contributed by atoms with Crippen molar-refractivity contribution in [2.45, 2.75) is 19.6 Å². The van der Waals surface area contributed by atoms with Crippen LogP contribution in [0.1, 0.15) is 11.1 Å². The molecule has 1 heterocycles.